The Hall–Kier alpha value is -3.34. The summed E-state index contributed by atoms with van der Waals surface area (Å²) in [7, 11) is 0. The summed E-state index contributed by atoms with van der Waals surface area (Å²) in [6, 6.07) is 6.12. The number of rotatable bonds is 9. The second kappa shape index (κ2) is 12.9. The van der Waals surface area contributed by atoms with Gasteiger partial charge in [0.15, 0.2) is 12.5 Å². The van der Waals surface area contributed by atoms with E-state index in [1.54, 1.807) is 0 Å². The smallest absolute Gasteiger partial charge is 0.423 e. The Labute approximate surface area is 251 Å². The third-order valence-electron chi connectivity index (χ3n) is 7.73. The number of nitrogens with zero attached hydrogens (tertiary/aromatic N) is 4. The van der Waals surface area contributed by atoms with Crippen molar-refractivity contribution in [1.29, 1.82) is 0 Å². The normalized spacial score (nSPS) is 21.3. The summed E-state index contributed by atoms with van der Waals surface area (Å²) in [5.41, 5.74) is -2.83. The predicted molar refractivity (Wildman–Crippen MR) is 147 cm³/mol. The maximum atomic E-state index is 13.3. The second-order valence-electron chi connectivity index (χ2n) is 10.7. The van der Waals surface area contributed by atoms with Gasteiger partial charge in [-0.3, -0.25) is 24.7 Å². The number of carbonyl (C=O) groups is 1. The highest BCUT2D eigenvalue weighted by atomic mass is 32.1. The molecule has 3 aromatic rings. The molecule has 9 nitrogen and oxygen atoms in total. The third kappa shape index (κ3) is 7.65. The molecule has 2 heterocycles. The van der Waals surface area contributed by atoms with Gasteiger partial charge in [0, 0.05) is 32.2 Å². The SMILES string of the molecule is O=CC(OC1CCC(Oc2ccc([N+](=O)[O-])c(C(F)(F)F)c2)CC1)N1CCN(Cc2nc3cc(C(F)(F)F)ccc3s2)CC1. The van der Waals surface area contributed by atoms with E-state index in [1.165, 1.54) is 17.4 Å². The molecule has 0 radical (unpaired) electrons. The topological polar surface area (TPSA) is 98.0 Å². The van der Waals surface area contributed by atoms with Gasteiger partial charge in [-0.1, -0.05) is 0 Å². The van der Waals surface area contributed by atoms with Crippen LogP contribution in [0.25, 0.3) is 10.2 Å². The Morgan fingerprint density at radius 2 is 1.66 bits per heavy atom. The Morgan fingerprint density at radius 3 is 2.27 bits per heavy atom. The lowest BCUT2D eigenvalue weighted by Crippen LogP contribution is -2.52. The molecular formula is C28H28F6N4O5S. The number of nitro groups is 1. The van der Waals surface area contributed by atoms with Crippen LogP contribution in [-0.4, -0.2) is 70.6 Å². The highest BCUT2D eigenvalue weighted by molar-refractivity contribution is 7.18. The molecule has 16 heteroatoms. The van der Waals surface area contributed by atoms with E-state index < -0.39 is 46.4 Å². The fourth-order valence-electron chi connectivity index (χ4n) is 5.44. The van der Waals surface area contributed by atoms with E-state index in [4.69, 9.17) is 9.47 Å². The third-order valence-corrected chi connectivity index (χ3v) is 8.75. The van der Waals surface area contributed by atoms with Crippen LogP contribution in [0, 0.1) is 10.1 Å². The molecule has 1 saturated carbocycles. The van der Waals surface area contributed by atoms with Gasteiger partial charge in [0.25, 0.3) is 5.69 Å². The zero-order chi connectivity index (χ0) is 31.6. The lowest BCUT2D eigenvalue weighted by atomic mass is 9.94. The van der Waals surface area contributed by atoms with Crippen LogP contribution in [0.5, 0.6) is 5.75 Å². The molecule has 238 valence electrons. The van der Waals surface area contributed by atoms with Gasteiger partial charge in [-0.25, -0.2) is 4.98 Å². The molecule has 5 rings (SSSR count). The van der Waals surface area contributed by atoms with Crippen LogP contribution in [0.15, 0.2) is 36.4 Å². The number of ether oxygens (including phenoxy) is 2. The molecule has 1 aliphatic carbocycles. The number of aromatic nitrogens is 1. The highest BCUT2D eigenvalue weighted by Crippen LogP contribution is 2.39. The summed E-state index contributed by atoms with van der Waals surface area (Å²) in [5, 5.41) is 11.7. The molecule has 1 aliphatic heterocycles. The molecule has 0 spiro atoms. The van der Waals surface area contributed by atoms with Gasteiger partial charge in [0.05, 0.1) is 39.5 Å². The van der Waals surface area contributed by atoms with E-state index in [1.807, 2.05) is 4.90 Å². The van der Waals surface area contributed by atoms with Gasteiger partial charge in [-0.2, -0.15) is 26.3 Å². The lowest BCUT2D eigenvalue weighted by molar-refractivity contribution is -0.388. The van der Waals surface area contributed by atoms with Gasteiger partial charge < -0.3 is 9.47 Å². The molecule has 0 bridgehead atoms. The van der Waals surface area contributed by atoms with E-state index in [-0.39, 0.29) is 11.9 Å². The average Bonchev–Trinajstić information content (AvgIpc) is 3.38. The van der Waals surface area contributed by atoms with Crippen molar-refractivity contribution in [3.8, 4) is 5.75 Å². The van der Waals surface area contributed by atoms with Crippen molar-refractivity contribution in [1.82, 2.24) is 14.8 Å². The van der Waals surface area contributed by atoms with E-state index in [9.17, 15) is 41.3 Å². The van der Waals surface area contributed by atoms with Crippen LogP contribution in [0.4, 0.5) is 32.0 Å². The maximum Gasteiger partial charge on any atom is 0.423 e. The van der Waals surface area contributed by atoms with Crippen molar-refractivity contribution < 1.29 is 45.5 Å². The molecule has 1 atom stereocenters. The number of alkyl halides is 6. The van der Waals surface area contributed by atoms with Crippen LogP contribution >= 0.6 is 11.3 Å². The molecule has 2 aromatic carbocycles. The zero-order valence-corrected chi connectivity index (χ0v) is 24.0. The lowest BCUT2D eigenvalue weighted by Gasteiger charge is -2.39. The maximum absolute atomic E-state index is 13.3. The van der Waals surface area contributed by atoms with Crippen molar-refractivity contribution in [3.63, 3.8) is 0 Å². The first-order valence-corrected chi connectivity index (χ1v) is 14.7. The zero-order valence-electron chi connectivity index (χ0n) is 23.1. The van der Waals surface area contributed by atoms with Crippen molar-refractivity contribution >= 4 is 33.5 Å². The van der Waals surface area contributed by atoms with Gasteiger partial charge in [0.2, 0.25) is 0 Å². The number of nitro benzene ring substituents is 1. The fourth-order valence-corrected chi connectivity index (χ4v) is 6.43. The minimum Gasteiger partial charge on any atom is -0.490 e. The molecule has 44 heavy (non-hydrogen) atoms. The van der Waals surface area contributed by atoms with Crippen LogP contribution in [0.1, 0.15) is 41.8 Å². The van der Waals surface area contributed by atoms with E-state index in [2.05, 4.69) is 9.88 Å². The molecule has 2 aliphatic rings. The first-order valence-electron chi connectivity index (χ1n) is 13.9. The minimum absolute atomic E-state index is 0.104. The summed E-state index contributed by atoms with van der Waals surface area (Å²) in [6.45, 7) is 2.75. The Balaban J connectivity index is 1.09. The van der Waals surface area contributed by atoms with Gasteiger partial charge in [-0.15, -0.1) is 11.3 Å². The predicted octanol–water partition coefficient (Wildman–Crippen LogP) is 6.29. The van der Waals surface area contributed by atoms with Gasteiger partial charge in [0.1, 0.15) is 16.3 Å². The first-order chi connectivity index (χ1) is 20.8. The van der Waals surface area contributed by atoms with Crippen LogP contribution < -0.4 is 4.74 Å². The Bertz CT molecular complexity index is 1480. The summed E-state index contributed by atoms with van der Waals surface area (Å²) in [6.07, 6.45) is -8.06. The van der Waals surface area contributed by atoms with E-state index >= 15 is 0 Å². The molecule has 2 fully saturated rings. The van der Waals surface area contributed by atoms with Gasteiger partial charge in [-0.05, 0) is 56.0 Å². The summed E-state index contributed by atoms with van der Waals surface area (Å²) >= 11 is 1.35. The monoisotopic (exact) mass is 646 g/mol. The minimum atomic E-state index is -4.90. The molecule has 0 N–H and O–H groups in total. The van der Waals surface area contributed by atoms with Crippen molar-refractivity contribution in [2.75, 3.05) is 26.2 Å². The second-order valence-corrected chi connectivity index (χ2v) is 11.8. The number of fused-ring (bicyclic) bond motifs is 1. The van der Waals surface area contributed by atoms with E-state index in [0.29, 0.717) is 79.7 Å². The number of piperazine rings is 1. The number of hydrogen-bond acceptors (Lipinski definition) is 9. The molecule has 1 aromatic heterocycles. The quantitative estimate of drug-likeness (QED) is 0.116. The van der Waals surface area contributed by atoms with Crippen molar-refractivity contribution in [3.05, 3.63) is 62.6 Å². The Kier molecular flexibility index (Phi) is 9.44. The molecule has 0 amide bonds. The van der Waals surface area contributed by atoms with Crippen LogP contribution in [-0.2, 0) is 28.4 Å². The number of carbonyl (C=O) groups excluding carboxylic acids is 1. The van der Waals surface area contributed by atoms with E-state index in [0.717, 1.165) is 30.6 Å². The molecular weight excluding hydrogens is 618 g/mol. The number of aldehydes is 1. The first kappa shape index (κ1) is 32.1. The van der Waals surface area contributed by atoms with Crippen LogP contribution in [0.2, 0.25) is 0 Å². The molecule has 1 unspecified atom stereocenters. The summed E-state index contributed by atoms with van der Waals surface area (Å²) in [5.74, 6) is -0.104. The standard InChI is InChI=1S/C28H28F6N4O5S/c29-27(30,31)17-1-8-24-22(13-17)35-25(44-24)15-36-9-11-37(12-10-36)26(16-39)43-19-4-2-18(3-5-19)42-20-6-7-23(38(40)41)21(14-20)28(32,33)34/h1,6-8,13-14,16,18-19,26H,2-5,9-12,15H2. The van der Waals surface area contributed by atoms with Gasteiger partial charge >= 0.3 is 12.4 Å². The number of halogens is 6. The number of benzene rings is 2. The molecule has 1 saturated heterocycles. The largest absolute Gasteiger partial charge is 0.490 e. The summed E-state index contributed by atoms with van der Waals surface area (Å²) < 4.78 is 91.4. The highest BCUT2D eigenvalue weighted by Gasteiger charge is 2.39. The summed E-state index contributed by atoms with van der Waals surface area (Å²) in [4.78, 5) is 30.2. The fraction of sp³-hybridized carbons (Fsp3) is 0.500. The van der Waals surface area contributed by atoms with Crippen molar-refractivity contribution in [2.24, 2.45) is 0 Å². The Morgan fingerprint density at radius 1 is 0.977 bits per heavy atom. The van der Waals surface area contributed by atoms with Crippen molar-refractivity contribution in [2.45, 2.75) is 63.0 Å². The average molecular weight is 647 g/mol. The number of hydrogen-bond donors (Lipinski definition) is 0. The number of thiazole rings is 1. The van der Waals surface area contributed by atoms with Crippen LogP contribution in [0.3, 0.4) is 0 Å².